The van der Waals surface area contributed by atoms with E-state index in [1.54, 1.807) is 18.3 Å². The summed E-state index contributed by atoms with van der Waals surface area (Å²) in [5.41, 5.74) is 1.44. The first-order valence-electron chi connectivity index (χ1n) is 6.48. The number of anilines is 3. The summed E-state index contributed by atoms with van der Waals surface area (Å²) in [6, 6.07) is 9.18. The molecule has 0 spiro atoms. The van der Waals surface area contributed by atoms with E-state index in [0.29, 0.717) is 11.5 Å². The van der Waals surface area contributed by atoms with E-state index in [9.17, 15) is 0 Å². The standard InChI is InChI=1S/C14H16N6/c1-3-20(4-2)13-10-16-19-14(18-13)17-12-7-5-11(9-15)6-8-12/h5-8,10H,3-4H2,1-2H3,(H,17,18,19). The zero-order valence-corrected chi connectivity index (χ0v) is 11.5. The van der Waals surface area contributed by atoms with Crippen LogP contribution in [0.2, 0.25) is 0 Å². The predicted molar refractivity (Wildman–Crippen MR) is 77.8 cm³/mol. The molecule has 0 aliphatic heterocycles. The Labute approximate surface area is 118 Å². The Bertz CT molecular complexity index is 598. The van der Waals surface area contributed by atoms with Crippen molar-refractivity contribution in [3.8, 4) is 6.07 Å². The lowest BCUT2D eigenvalue weighted by atomic mass is 10.2. The number of benzene rings is 1. The van der Waals surface area contributed by atoms with E-state index in [2.05, 4.69) is 45.3 Å². The van der Waals surface area contributed by atoms with Gasteiger partial charge in [0.1, 0.15) is 0 Å². The van der Waals surface area contributed by atoms with Crippen LogP contribution in [0.25, 0.3) is 0 Å². The number of hydrogen-bond donors (Lipinski definition) is 1. The third-order valence-electron chi connectivity index (χ3n) is 2.90. The van der Waals surface area contributed by atoms with E-state index in [4.69, 9.17) is 5.26 Å². The molecule has 2 rings (SSSR count). The molecule has 0 saturated carbocycles. The highest BCUT2D eigenvalue weighted by Crippen LogP contribution is 2.15. The first kappa shape index (κ1) is 13.7. The smallest absolute Gasteiger partial charge is 0.249 e. The molecular formula is C14H16N6. The molecule has 0 amide bonds. The van der Waals surface area contributed by atoms with Crippen LogP contribution in [0.1, 0.15) is 19.4 Å². The van der Waals surface area contributed by atoms with Crippen LogP contribution in [-0.2, 0) is 0 Å². The molecule has 0 radical (unpaired) electrons. The Kier molecular flexibility index (Phi) is 4.45. The predicted octanol–water partition coefficient (Wildman–Crippen LogP) is 2.33. The number of aromatic nitrogens is 3. The SMILES string of the molecule is CCN(CC)c1cnnc(Nc2ccc(C#N)cc2)n1. The molecule has 0 unspecified atom stereocenters. The normalized spacial score (nSPS) is 9.85. The third kappa shape index (κ3) is 3.20. The van der Waals surface area contributed by atoms with Crippen molar-refractivity contribution in [2.24, 2.45) is 0 Å². The average Bonchev–Trinajstić information content (AvgIpc) is 2.50. The highest BCUT2D eigenvalue weighted by atomic mass is 15.3. The number of nitrogens with zero attached hydrogens (tertiary/aromatic N) is 5. The summed E-state index contributed by atoms with van der Waals surface area (Å²) >= 11 is 0. The van der Waals surface area contributed by atoms with Gasteiger partial charge < -0.3 is 10.2 Å². The van der Waals surface area contributed by atoms with Crippen LogP contribution in [0.3, 0.4) is 0 Å². The number of hydrogen-bond acceptors (Lipinski definition) is 6. The summed E-state index contributed by atoms with van der Waals surface area (Å²) in [6.07, 6.45) is 1.65. The van der Waals surface area contributed by atoms with Gasteiger partial charge in [-0.2, -0.15) is 15.3 Å². The molecule has 0 aliphatic rings. The summed E-state index contributed by atoms with van der Waals surface area (Å²) in [5, 5.41) is 19.8. The largest absolute Gasteiger partial charge is 0.356 e. The molecule has 0 fully saturated rings. The molecule has 0 atom stereocenters. The van der Waals surface area contributed by atoms with Gasteiger partial charge in [0.2, 0.25) is 5.95 Å². The van der Waals surface area contributed by atoms with Crippen LogP contribution in [0, 0.1) is 11.3 Å². The van der Waals surface area contributed by atoms with Crippen molar-refractivity contribution < 1.29 is 0 Å². The van der Waals surface area contributed by atoms with Gasteiger partial charge in [-0.15, -0.1) is 5.10 Å². The molecule has 0 bridgehead atoms. The highest BCUT2D eigenvalue weighted by molar-refractivity contribution is 5.55. The highest BCUT2D eigenvalue weighted by Gasteiger charge is 2.06. The maximum atomic E-state index is 8.76. The average molecular weight is 268 g/mol. The van der Waals surface area contributed by atoms with E-state index in [1.807, 2.05) is 12.1 Å². The van der Waals surface area contributed by atoms with Crippen molar-refractivity contribution in [1.82, 2.24) is 15.2 Å². The molecule has 6 nitrogen and oxygen atoms in total. The van der Waals surface area contributed by atoms with Crippen molar-refractivity contribution in [1.29, 1.82) is 5.26 Å². The lowest BCUT2D eigenvalue weighted by molar-refractivity contribution is 0.826. The van der Waals surface area contributed by atoms with Crippen LogP contribution < -0.4 is 10.2 Å². The van der Waals surface area contributed by atoms with Gasteiger partial charge in [-0.1, -0.05) is 0 Å². The molecule has 1 aromatic carbocycles. The van der Waals surface area contributed by atoms with Crippen molar-refractivity contribution >= 4 is 17.5 Å². The second-order valence-electron chi connectivity index (χ2n) is 4.12. The summed E-state index contributed by atoms with van der Waals surface area (Å²) in [5.74, 6) is 1.24. The fourth-order valence-corrected chi connectivity index (χ4v) is 1.81. The zero-order valence-electron chi connectivity index (χ0n) is 11.5. The topological polar surface area (TPSA) is 77.7 Å². The summed E-state index contributed by atoms with van der Waals surface area (Å²) in [4.78, 5) is 6.52. The van der Waals surface area contributed by atoms with Crippen molar-refractivity contribution in [3.05, 3.63) is 36.0 Å². The summed E-state index contributed by atoms with van der Waals surface area (Å²) in [6.45, 7) is 5.87. The van der Waals surface area contributed by atoms with Gasteiger partial charge >= 0.3 is 0 Å². The maximum Gasteiger partial charge on any atom is 0.249 e. The minimum absolute atomic E-state index is 0.444. The molecule has 1 N–H and O–H groups in total. The molecule has 0 aliphatic carbocycles. The number of nitrogens with one attached hydrogen (secondary N) is 1. The van der Waals surface area contributed by atoms with Crippen LogP contribution in [0.5, 0.6) is 0 Å². The lowest BCUT2D eigenvalue weighted by Crippen LogP contribution is -2.23. The molecule has 0 saturated heterocycles. The van der Waals surface area contributed by atoms with Crippen LogP contribution in [0.4, 0.5) is 17.5 Å². The lowest BCUT2D eigenvalue weighted by Gasteiger charge is -2.19. The monoisotopic (exact) mass is 268 g/mol. The Balaban J connectivity index is 2.16. The molecule has 1 heterocycles. The van der Waals surface area contributed by atoms with E-state index in [1.165, 1.54) is 0 Å². The fourth-order valence-electron chi connectivity index (χ4n) is 1.81. The Hall–Kier alpha value is -2.68. The second-order valence-corrected chi connectivity index (χ2v) is 4.12. The van der Waals surface area contributed by atoms with Crippen LogP contribution >= 0.6 is 0 Å². The Morgan fingerprint density at radius 2 is 1.90 bits per heavy atom. The van der Waals surface area contributed by atoms with E-state index in [-0.39, 0.29) is 0 Å². The van der Waals surface area contributed by atoms with Crippen LogP contribution in [-0.4, -0.2) is 28.3 Å². The van der Waals surface area contributed by atoms with E-state index >= 15 is 0 Å². The minimum Gasteiger partial charge on any atom is -0.356 e. The van der Waals surface area contributed by atoms with Gasteiger partial charge in [0, 0.05) is 18.8 Å². The van der Waals surface area contributed by atoms with Gasteiger partial charge in [0.05, 0.1) is 17.8 Å². The maximum absolute atomic E-state index is 8.76. The van der Waals surface area contributed by atoms with Crippen molar-refractivity contribution in [2.75, 3.05) is 23.3 Å². The molecule has 6 heteroatoms. The van der Waals surface area contributed by atoms with Gasteiger partial charge in [0.15, 0.2) is 5.82 Å². The zero-order chi connectivity index (χ0) is 14.4. The third-order valence-corrected chi connectivity index (χ3v) is 2.90. The summed E-state index contributed by atoms with van der Waals surface area (Å²) < 4.78 is 0. The van der Waals surface area contributed by atoms with E-state index < -0.39 is 0 Å². The van der Waals surface area contributed by atoms with Crippen molar-refractivity contribution in [2.45, 2.75) is 13.8 Å². The quantitative estimate of drug-likeness (QED) is 0.896. The Morgan fingerprint density at radius 1 is 1.20 bits per heavy atom. The molecule has 20 heavy (non-hydrogen) atoms. The van der Waals surface area contributed by atoms with Gasteiger partial charge in [-0.05, 0) is 38.1 Å². The van der Waals surface area contributed by atoms with Crippen LogP contribution in [0.15, 0.2) is 30.5 Å². The van der Waals surface area contributed by atoms with Gasteiger partial charge in [0.25, 0.3) is 0 Å². The first-order chi connectivity index (χ1) is 9.76. The molecule has 2 aromatic rings. The van der Waals surface area contributed by atoms with Gasteiger partial charge in [-0.3, -0.25) is 0 Å². The van der Waals surface area contributed by atoms with E-state index in [0.717, 1.165) is 24.6 Å². The molecule has 1 aromatic heterocycles. The van der Waals surface area contributed by atoms with Crippen molar-refractivity contribution in [3.63, 3.8) is 0 Å². The fraction of sp³-hybridized carbons (Fsp3) is 0.286. The van der Waals surface area contributed by atoms with Gasteiger partial charge in [-0.25, -0.2) is 0 Å². The molecule has 102 valence electrons. The number of nitriles is 1. The first-order valence-corrected chi connectivity index (χ1v) is 6.48. The second kappa shape index (κ2) is 6.48. The summed E-state index contributed by atoms with van der Waals surface area (Å²) in [7, 11) is 0. The minimum atomic E-state index is 0.444. The molecular weight excluding hydrogens is 252 g/mol. The Morgan fingerprint density at radius 3 is 2.50 bits per heavy atom. The number of rotatable bonds is 5.